The van der Waals surface area contributed by atoms with Crippen LogP contribution in [0.1, 0.15) is 30.9 Å². The molecule has 0 radical (unpaired) electrons. The van der Waals surface area contributed by atoms with Gasteiger partial charge in [0.2, 0.25) is 0 Å². The van der Waals surface area contributed by atoms with Gasteiger partial charge in [0.25, 0.3) is 0 Å². The number of allylic oxidation sites excluding steroid dienone is 8. The smallest absolute Gasteiger partial charge is 0.0867 e. The van der Waals surface area contributed by atoms with Crippen LogP contribution in [0.5, 0.6) is 0 Å². The molecule has 222 valence electrons. The van der Waals surface area contributed by atoms with Gasteiger partial charge in [0, 0.05) is 23.2 Å². The van der Waals surface area contributed by atoms with Crippen molar-refractivity contribution in [1.29, 1.82) is 0 Å². The lowest BCUT2D eigenvalue weighted by molar-refractivity contribution is 0.663. The highest BCUT2D eigenvalue weighted by atomic mass is 14.9. The van der Waals surface area contributed by atoms with Crippen molar-refractivity contribution in [2.45, 2.75) is 19.8 Å². The standard InChI is InChI=1S/C44H36N2/c1-30(45-41-21-11-12-22-42(41)46-36-15-3-2-4-16-36)31-23-26-33(27-24-31)43-37-17-7-9-19-39(37)44(40-20-10-8-18-38(40)43)35-28-25-32-13-5-6-14-34(32)29-35/h2-7,9,11-29,32,34,46H,8,10H2,1H3/b45-30+. The lowest BCUT2D eigenvalue weighted by Crippen LogP contribution is -2.33. The number of nitrogens with one attached hydrogen (secondary N) is 1. The Bertz CT molecular complexity index is 2230. The summed E-state index contributed by atoms with van der Waals surface area (Å²) in [6, 6.07) is 36.4. The van der Waals surface area contributed by atoms with Crippen LogP contribution < -0.4 is 15.8 Å². The summed E-state index contributed by atoms with van der Waals surface area (Å²) in [5.74, 6) is 0.856. The number of para-hydroxylation sites is 3. The van der Waals surface area contributed by atoms with E-state index in [0.717, 1.165) is 41.2 Å². The molecule has 5 aromatic rings. The zero-order chi connectivity index (χ0) is 30.9. The molecule has 0 aromatic heterocycles. The molecule has 0 heterocycles. The molecule has 0 spiro atoms. The summed E-state index contributed by atoms with van der Waals surface area (Å²) in [5.41, 5.74) is 10.3. The number of hydrogen-bond donors (Lipinski definition) is 1. The van der Waals surface area contributed by atoms with Crippen LogP contribution in [0, 0.1) is 11.8 Å². The first-order valence-electron chi connectivity index (χ1n) is 16.3. The minimum absolute atomic E-state index is 0.408. The van der Waals surface area contributed by atoms with E-state index in [9.17, 15) is 0 Å². The molecule has 5 aromatic carbocycles. The Balaban J connectivity index is 1.19. The van der Waals surface area contributed by atoms with Crippen LogP contribution in [-0.2, 0) is 0 Å². The second kappa shape index (κ2) is 12.1. The van der Waals surface area contributed by atoms with Crippen molar-refractivity contribution in [2.75, 3.05) is 5.32 Å². The summed E-state index contributed by atoms with van der Waals surface area (Å²) in [5, 5.41) is 8.86. The van der Waals surface area contributed by atoms with Crippen LogP contribution in [0.4, 0.5) is 17.1 Å². The molecule has 2 atom stereocenters. The van der Waals surface area contributed by atoms with Gasteiger partial charge in [0.15, 0.2) is 0 Å². The maximum Gasteiger partial charge on any atom is 0.0867 e. The third kappa shape index (κ3) is 5.26. The maximum atomic E-state index is 5.06. The highest BCUT2D eigenvalue weighted by molar-refractivity contribution is 6.06. The molecule has 3 aliphatic carbocycles. The second-order valence-electron chi connectivity index (χ2n) is 12.3. The summed E-state index contributed by atoms with van der Waals surface area (Å²) in [6.07, 6.45) is 23.2. The fourth-order valence-corrected chi connectivity index (χ4v) is 7.10. The van der Waals surface area contributed by atoms with E-state index >= 15 is 0 Å². The molecule has 46 heavy (non-hydrogen) atoms. The molecule has 8 rings (SSSR count). The maximum absolute atomic E-state index is 5.06. The lowest BCUT2D eigenvalue weighted by Gasteiger charge is -2.25. The first-order valence-corrected chi connectivity index (χ1v) is 16.3. The first-order chi connectivity index (χ1) is 22.7. The molecule has 2 unspecified atom stereocenters. The SMILES string of the molecule is C/C(=N\c1ccccc1Nc1ccccc1)c1ccc(-c2c3c(c(C4=CC5C=CC=CC5C=C4)c4ccccc24)=CCCC=3)cc1. The summed E-state index contributed by atoms with van der Waals surface area (Å²) >= 11 is 0. The molecule has 3 aliphatic rings. The summed E-state index contributed by atoms with van der Waals surface area (Å²) < 4.78 is 0. The van der Waals surface area contributed by atoms with Crippen LogP contribution in [0.15, 0.2) is 151 Å². The van der Waals surface area contributed by atoms with Crippen molar-refractivity contribution in [2.24, 2.45) is 16.8 Å². The molecule has 0 saturated carbocycles. The number of aliphatic imine (C=N–C) groups is 1. The minimum atomic E-state index is 0.408. The summed E-state index contributed by atoms with van der Waals surface area (Å²) in [4.78, 5) is 5.06. The van der Waals surface area contributed by atoms with Crippen molar-refractivity contribution in [3.8, 4) is 11.1 Å². The lowest BCUT2D eigenvalue weighted by atomic mass is 9.79. The molecular formula is C44H36N2. The van der Waals surface area contributed by atoms with Gasteiger partial charge in [0.1, 0.15) is 0 Å². The van der Waals surface area contributed by atoms with Gasteiger partial charge in [-0.3, -0.25) is 4.99 Å². The second-order valence-corrected chi connectivity index (χ2v) is 12.3. The van der Waals surface area contributed by atoms with E-state index in [1.807, 2.05) is 30.3 Å². The quantitative estimate of drug-likeness (QED) is 0.195. The zero-order valence-electron chi connectivity index (χ0n) is 26.0. The van der Waals surface area contributed by atoms with Crippen LogP contribution in [0.2, 0.25) is 0 Å². The van der Waals surface area contributed by atoms with Gasteiger partial charge in [-0.1, -0.05) is 134 Å². The average molecular weight is 593 g/mol. The van der Waals surface area contributed by atoms with Crippen LogP contribution in [-0.4, -0.2) is 5.71 Å². The van der Waals surface area contributed by atoms with Crippen LogP contribution in [0.25, 0.3) is 39.6 Å². The van der Waals surface area contributed by atoms with E-state index in [4.69, 9.17) is 4.99 Å². The fourth-order valence-electron chi connectivity index (χ4n) is 7.10. The molecule has 1 N–H and O–H groups in total. The minimum Gasteiger partial charge on any atom is -0.354 e. The normalized spacial score (nSPS) is 18.3. The van der Waals surface area contributed by atoms with Gasteiger partial charge in [0.05, 0.1) is 11.4 Å². The van der Waals surface area contributed by atoms with Crippen molar-refractivity contribution in [3.63, 3.8) is 0 Å². The molecule has 0 bridgehead atoms. The number of nitrogens with zero attached hydrogens (tertiary/aromatic N) is 1. The Labute approximate surface area is 270 Å². The van der Waals surface area contributed by atoms with Gasteiger partial charge < -0.3 is 5.32 Å². The Morgan fingerprint density at radius 1 is 0.652 bits per heavy atom. The number of hydrogen-bond acceptors (Lipinski definition) is 2. The molecule has 2 nitrogen and oxygen atoms in total. The number of rotatable bonds is 6. The topological polar surface area (TPSA) is 24.4 Å². The van der Waals surface area contributed by atoms with Crippen molar-refractivity contribution < 1.29 is 0 Å². The zero-order valence-corrected chi connectivity index (χ0v) is 26.0. The van der Waals surface area contributed by atoms with Crippen LogP contribution >= 0.6 is 0 Å². The predicted molar refractivity (Wildman–Crippen MR) is 197 cm³/mol. The third-order valence-corrected chi connectivity index (χ3v) is 9.38. The van der Waals surface area contributed by atoms with Gasteiger partial charge in [-0.05, 0) is 93.1 Å². The largest absolute Gasteiger partial charge is 0.354 e. The third-order valence-electron chi connectivity index (χ3n) is 9.38. The van der Waals surface area contributed by atoms with Crippen molar-refractivity contribution >= 4 is 51.3 Å². The Hall–Kier alpha value is -5.47. The monoisotopic (exact) mass is 592 g/mol. The molecular weight excluding hydrogens is 556 g/mol. The van der Waals surface area contributed by atoms with Gasteiger partial charge in [-0.25, -0.2) is 0 Å². The molecule has 0 saturated heterocycles. The fraction of sp³-hybridized carbons (Fsp3) is 0.114. The Kier molecular flexibility index (Phi) is 7.40. The van der Waals surface area contributed by atoms with E-state index in [-0.39, 0.29) is 0 Å². The van der Waals surface area contributed by atoms with Crippen molar-refractivity contribution in [3.05, 3.63) is 167 Å². The average Bonchev–Trinajstić information content (AvgIpc) is 3.11. The predicted octanol–water partition coefficient (Wildman–Crippen LogP) is 10.1. The summed E-state index contributed by atoms with van der Waals surface area (Å²) in [7, 11) is 0. The number of benzene rings is 5. The van der Waals surface area contributed by atoms with E-state index in [0.29, 0.717) is 11.8 Å². The molecule has 0 amide bonds. The summed E-state index contributed by atoms with van der Waals surface area (Å²) in [6.45, 7) is 2.09. The Morgan fingerprint density at radius 2 is 1.30 bits per heavy atom. The molecule has 2 heteroatoms. The van der Waals surface area contributed by atoms with E-state index < -0.39 is 0 Å². The van der Waals surface area contributed by atoms with E-state index in [2.05, 4.69) is 140 Å². The Morgan fingerprint density at radius 3 is 2.09 bits per heavy atom. The van der Waals surface area contributed by atoms with Gasteiger partial charge >= 0.3 is 0 Å². The first kappa shape index (κ1) is 28.0. The van der Waals surface area contributed by atoms with Gasteiger partial charge in [-0.15, -0.1) is 0 Å². The molecule has 0 aliphatic heterocycles. The number of anilines is 2. The van der Waals surface area contributed by atoms with E-state index in [1.54, 1.807) is 0 Å². The highest BCUT2D eigenvalue weighted by Gasteiger charge is 2.22. The van der Waals surface area contributed by atoms with Crippen molar-refractivity contribution in [1.82, 2.24) is 0 Å². The highest BCUT2D eigenvalue weighted by Crippen LogP contribution is 2.36. The number of fused-ring (bicyclic) bond motifs is 3. The van der Waals surface area contributed by atoms with Gasteiger partial charge in [-0.2, -0.15) is 0 Å². The van der Waals surface area contributed by atoms with E-state index in [1.165, 1.54) is 43.5 Å². The van der Waals surface area contributed by atoms with Crippen LogP contribution in [0.3, 0.4) is 0 Å². The molecule has 0 fully saturated rings.